The Morgan fingerprint density at radius 1 is 0.963 bits per heavy atom. The number of carbonyl (C=O) groups excluding carboxylic acids is 1. The third kappa shape index (κ3) is 4.68. The second-order valence-electron chi connectivity index (χ2n) is 5.58. The van der Waals surface area contributed by atoms with Crippen molar-refractivity contribution in [1.29, 1.82) is 0 Å². The number of benzene rings is 2. The molecule has 27 heavy (non-hydrogen) atoms. The predicted molar refractivity (Wildman–Crippen MR) is 106 cm³/mol. The molecule has 3 rings (SSSR count). The molecule has 0 aliphatic carbocycles. The van der Waals surface area contributed by atoms with Crippen molar-refractivity contribution >= 4 is 34.6 Å². The molecule has 0 spiro atoms. The van der Waals surface area contributed by atoms with E-state index in [0.717, 1.165) is 5.75 Å². The maximum Gasteiger partial charge on any atom is 0.274 e. The van der Waals surface area contributed by atoms with Gasteiger partial charge in [0.1, 0.15) is 17.2 Å². The first kappa shape index (κ1) is 18.5. The van der Waals surface area contributed by atoms with Crippen LogP contribution in [0.2, 0.25) is 5.02 Å². The maximum absolute atomic E-state index is 12.3. The van der Waals surface area contributed by atoms with Gasteiger partial charge in [0.15, 0.2) is 0 Å². The topological polar surface area (TPSA) is 72.5 Å². The lowest BCUT2D eigenvalue weighted by Gasteiger charge is -2.12. The second-order valence-corrected chi connectivity index (χ2v) is 6.02. The molecule has 0 saturated carbocycles. The number of aromatic nitrogens is 1. The molecule has 0 saturated heterocycles. The van der Waals surface area contributed by atoms with Crippen molar-refractivity contribution < 1.29 is 14.3 Å². The van der Waals surface area contributed by atoms with Crippen molar-refractivity contribution in [2.45, 2.75) is 0 Å². The van der Waals surface area contributed by atoms with E-state index in [1.165, 1.54) is 0 Å². The molecule has 0 aliphatic rings. The Balaban J connectivity index is 1.69. The fourth-order valence-electron chi connectivity index (χ4n) is 2.40. The van der Waals surface area contributed by atoms with E-state index in [0.29, 0.717) is 33.5 Å². The number of nitrogens with one attached hydrogen (secondary N) is 2. The molecule has 0 fully saturated rings. The summed E-state index contributed by atoms with van der Waals surface area (Å²) in [5, 5.41) is 6.55. The van der Waals surface area contributed by atoms with Crippen molar-refractivity contribution in [3.63, 3.8) is 0 Å². The van der Waals surface area contributed by atoms with Crippen molar-refractivity contribution in [3.05, 3.63) is 71.5 Å². The molecule has 3 aromatic rings. The summed E-state index contributed by atoms with van der Waals surface area (Å²) in [5.41, 5.74) is 2.38. The number of carbonyl (C=O) groups is 1. The summed E-state index contributed by atoms with van der Waals surface area (Å²) in [7, 11) is 3.17. The highest BCUT2D eigenvalue weighted by Crippen LogP contribution is 2.30. The van der Waals surface area contributed by atoms with Gasteiger partial charge in [-0.25, -0.2) is 4.98 Å². The zero-order chi connectivity index (χ0) is 19.2. The zero-order valence-corrected chi connectivity index (χ0v) is 15.6. The van der Waals surface area contributed by atoms with Crippen LogP contribution in [0.3, 0.4) is 0 Å². The molecular weight excluding hydrogens is 366 g/mol. The Morgan fingerprint density at radius 3 is 2.33 bits per heavy atom. The standard InChI is InChI=1S/C20H18ClN3O3/c1-26-16-7-4-14(5-8-16)24-20(25)17-9-6-15(12-22-17)23-18-11-13(21)3-10-19(18)27-2/h3-12,23H,1-2H3,(H,24,25). The van der Waals surface area contributed by atoms with Crippen molar-refractivity contribution in [1.82, 2.24) is 4.98 Å². The molecule has 7 heteroatoms. The third-order valence-corrected chi connectivity index (χ3v) is 4.02. The fourth-order valence-corrected chi connectivity index (χ4v) is 2.58. The fraction of sp³-hybridized carbons (Fsp3) is 0.100. The Labute approximate surface area is 162 Å². The third-order valence-electron chi connectivity index (χ3n) is 3.78. The van der Waals surface area contributed by atoms with E-state index in [-0.39, 0.29) is 5.91 Å². The van der Waals surface area contributed by atoms with Crippen LogP contribution in [0.4, 0.5) is 17.1 Å². The molecule has 0 unspecified atom stereocenters. The molecule has 6 nitrogen and oxygen atoms in total. The predicted octanol–water partition coefficient (Wildman–Crippen LogP) is 4.75. The summed E-state index contributed by atoms with van der Waals surface area (Å²) < 4.78 is 10.4. The van der Waals surface area contributed by atoms with Crippen LogP contribution in [0.15, 0.2) is 60.8 Å². The summed E-state index contributed by atoms with van der Waals surface area (Å²) >= 11 is 6.03. The number of hydrogen-bond donors (Lipinski definition) is 2. The molecule has 1 heterocycles. The second kappa shape index (κ2) is 8.42. The summed E-state index contributed by atoms with van der Waals surface area (Å²) in [6.07, 6.45) is 1.57. The lowest BCUT2D eigenvalue weighted by atomic mass is 10.2. The minimum absolute atomic E-state index is 0.299. The van der Waals surface area contributed by atoms with Gasteiger partial charge in [-0.3, -0.25) is 4.79 Å². The normalized spacial score (nSPS) is 10.2. The quantitative estimate of drug-likeness (QED) is 0.642. The molecule has 138 valence electrons. The van der Waals surface area contributed by atoms with E-state index in [9.17, 15) is 4.79 Å². The van der Waals surface area contributed by atoms with Gasteiger partial charge in [-0.1, -0.05) is 11.6 Å². The number of nitrogens with zero attached hydrogens (tertiary/aromatic N) is 1. The van der Waals surface area contributed by atoms with Crippen LogP contribution in [0, 0.1) is 0 Å². The minimum atomic E-state index is -0.299. The van der Waals surface area contributed by atoms with Crippen LogP contribution in [-0.4, -0.2) is 25.1 Å². The van der Waals surface area contributed by atoms with E-state index in [1.807, 2.05) is 0 Å². The number of amides is 1. The smallest absolute Gasteiger partial charge is 0.274 e. The number of rotatable bonds is 6. The first-order valence-electron chi connectivity index (χ1n) is 8.11. The monoisotopic (exact) mass is 383 g/mol. The van der Waals surface area contributed by atoms with Gasteiger partial charge in [0, 0.05) is 10.7 Å². The molecule has 2 aromatic carbocycles. The molecule has 0 aliphatic heterocycles. The van der Waals surface area contributed by atoms with E-state index in [1.54, 1.807) is 75.0 Å². The van der Waals surface area contributed by atoms with Gasteiger partial charge in [0.2, 0.25) is 0 Å². The van der Waals surface area contributed by atoms with Crippen LogP contribution < -0.4 is 20.1 Å². The molecule has 2 N–H and O–H groups in total. The summed E-state index contributed by atoms with van der Waals surface area (Å²) in [6, 6.07) is 15.7. The van der Waals surface area contributed by atoms with Gasteiger partial charge in [0.05, 0.1) is 31.8 Å². The van der Waals surface area contributed by atoms with Crippen molar-refractivity contribution in [2.24, 2.45) is 0 Å². The van der Waals surface area contributed by atoms with Crippen LogP contribution in [0.5, 0.6) is 11.5 Å². The summed E-state index contributed by atoms with van der Waals surface area (Å²) in [5.74, 6) is 1.07. The SMILES string of the molecule is COc1ccc(NC(=O)c2ccc(Nc3cc(Cl)ccc3OC)cn2)cc1. The van der Waals surface area contributed by atoms with Crippen LogP contribution in [0.1, 0.15) is 10.5 Å². The number of halogens is 1. The van der Waals surface area contributed by atoms with E-state index in [2.05, 4.69) is 15.6 Å². The van der Waals surface area contributed by atoms with E-state index < -0.39 is 0 Å². The average Bonchev–Trinajstić information content (AvgIpc) is 2.69. The van der Waals surface area contributed by atoms with E-state index in [4.69, 9.17) is 21.1 Å². The zero-order valence-electron chi connectivity index (χ0n) is 14.8. The summed E-state index contributed by atoms with van der Waals surface area (Å²) in [6.45, 7) is 0. The number of ether oxygens (including phenoxy) is 2. The Kier molecular flexibility index (Phi) is 5.78. The number of anilines is 3. The molecule has 1 aromatic heterocycles. The molecule has 1 amide bonds. The van der Waals surface area contributed by atoms with Gasteiger partial charge < -0.3 is 20.1 Å². The van der Waals surface area contributed by atoms with Crippen molar-refractivity contribution in [2.75, 3.05) is 24.9 Å². The van der Waals surface area contributed by atoms with Crippen LogP contribution in [-0.2, 0) is 0 Å². The Hall–Kier alpha value is -3.25. The highest BCUT2D eigenvalue weighted by molar-refractivity contribution is 6.31. The highest BCUT2D eigenvalue weighted by atomic mass is 35.5. The first-order valence-corrected chi connectivity index (χ1v) is 8.49. The van der Waals surface area contributed by atoms with E-state index >= 15 is 0 Å². The van der Waals surface area contributed by atoms with Gasteiger partial charge in [-0.15, -0.1) is 0 Å². The minimum Gasteiger partial charge on any atom is -0.497 e. The largest absolute Gasteiger partial charge is 0.497 e. The van der Waals surface area contributed by atoms with Gasteiger partial charge in [0.25, 0.3) is 5.91 Å². The molecule has 0 bridgehead atoms. The highest BCUT2D eigenvalue weighted by Gasteiger charge is 2.09. The summed E-state index contributed by atoms with van der Waals surface area (Å²) in [4.78, 5) is 16.5. The van der Waals surface area contributed by atoms with Gasteiger partial charge >= 0.3 is 0 Å². The maximum atomic E-state index is 12.3. The van der Waals surface area contributed by atoms with Crippen LogP contribution >= 0.6 is 11.6 Å². The molecule has 0 atom stereocenters. The number of pyridine rings is 1. The Morgan fingerprint density at radius 2 is 1.70 bits per heavy atom. The van der Waals surface area contributed by atoms with Gasteiger partial charge in [-0.05, 0) is 54.6 Å². The lowest BCUT2D eigenvalue weighted by molar-refractivity contribution is 0.102. The number of methoxy groups -OCH3 is 2. The molecular formula is C20H18ClN3O3. The Bertz CT molecular complexity index is 928. The first-order chi connectivity index (χ1) is 13.1. The number of hydrogen-bond acceptors (Lipinski definition) is 5. The van der Waals surface area contributed by atoms with Crippen molar-refractivity contribution in [3.8, 4) is 11.5 Å². The van der Waals surface area contributed by atoms with Gasteiger partial charge in [-0.2, -0.15) is 0 Å². The lowest BCUT2D eigenvalue weighted by Crippen LogP contribution is -2.13. The molecule has 0 radical (unpaired) electrons. The van der Waals surface area contributed by atoms with Crippen LogP contribution in [0.25, 0.3) is 0 Å². The average molecular weight is 384 g/mol.